The van der Waals surface area contributed by atoms with Crippen molar-refractivity contribution >= 4 is 45.4 Å². The first kappa shape index (κ1) is 26.4. The van der Waals surface area contributed by atoms with Crippen LogP contribution in [0.2, 0.25) is 0 Å². The fraction of sp³-hybridized carbons (Fsp3) is 0.188. The number of methoxy groups -OCH3 is 1. The van der Waals surface area contributed by atoms with Crippen molar-refractivity contribution in [1.29, 1.82) is 0 Å². The molecule has 7 heteroatoms. The average molecular weight is 539 g/mol. The van der Waals surface area contributed by atoms with E-state index >= 15 is 0 Å². The predicted octanol–water partition coefficient (Wildman–Crippen LogP) is 7.45. The van der Waals surface area contributed by atoms with Crippen molar-refractivity contribution in [2.24, 2.45) is 4.99 Å². The maximum Gasteiger partial charge on any atom is 0.266 e. The lowest BCUT2D eigenvalue weighted by atomic mass is 10.1. The van der Waals surface area contributed by atoms with E-state index in [1.165, 1.54) is 22.5 Å². The molecule has 1 aliphatic heterocycles. The second-order valence-electron chi connectivity index (χ2n) is 8.86. The Morgan fingerprint density at radius 2 is 1.67 bits per heavy atom. The lowest BCUT2D eigenvalue weighted by molar-refractivity contribution is -0.122. The number of thioether (sulfide) groups is 1. The van der Waals surface area contributed by atoms with Gasteiger partial charge in [0.15, 0.2) is 16.7 Å². The van der Waals surface area contributed by atoms with Crippen LogP contribution in [0.3, 0.4) is 0 Å². The molecule has 0 radical (unpaired) electrons. The van der Waals surface area contributed by atoms with Crippen LogP contribution in [0.1, 0.15) is 25.0 Å². The number of carbonyl (C=O) groups excluding carboxylic acids is 1. The van der Waals surface area contributed by atoms with Gasteiger partial charge in [0, 0.05) is 6.54 Å². The van der Waals surface area contributed by atoms with Gasteiger partial charge in [0.05, 0.1) is 24.3 Å². The van der Waals surface area contributed by atoms with Gasteiger partial charge in [-0.25, -0.2) is 4.99 Å². The summed E-state index contributed by atoms with van der Waals surface area (Å²) in [5.41, 5.74) is 2.70. The molecule has 1 heterocycles. The number of nitrogens with zero attached hydrogens (tertiary/aromatic N) is 2. The Bertz CT molecular complexity index is 1550. The van der Waals surface area contributed by atoms with E-state index < -0.39 is 0 Å². The first-order valence-corrected chi connectivity index (χ1v) is 13.7. The lowest BCUT2D eigenvalue weighted by Gasteiger charge is -2.13. The Morgan fingerprint density at radius 1 is 0.872 bits per heavy atom. The van der Waals surface area contributed by atoms with Crippen LogP contribution in [0.15, 0.2) is 94.8 Å². The molecule has 0 aliphatic carbocycles. The number of fused-ring (bicyclic) bond motifs is 1. The van der Waals surface area contributed by atoms with Crippen LogP contribution in [0.5, 0.6) is 17.2 Å². The summed E-state index contributed by atoms with van der Waals surface area (Å²) in [5.74, 6) is 2.00. The third-order valence-electron chi connectivity index (χ3n) is 6.28. The van der Waals surface area contributed by atoms with Crippen LogP contribution in [0.4, 0.5) is 5.69 Å². The number of aliphatic imine (C=N–C) groups is 1. The number of amidine groups is 1. The van der Waals surface area contributed by atoms with Gasteiger partial charge in [-0.3, -0.25) is 9.69 Å². The van der Waals surface area contributed by atoms with E-state index in [2.05, 4.69) is 30.3 Å². The summed E-state index contributed by atoms with van der Waals surface area (Å²) >= 11 is 1.37. The van der Waals surface area contributed by atoms with Gasteiger partial charge in [0.25, 0.3) is 5.91 Å². The zero-order chi connectivity index (χ0) is 27.2. The van der Waals surface area contributed by atoms with E-state index in [1.807, 2.05) is 74.5 Å². The molecular formula is C32H30N2O4S. The number of benzene rings is 4. The summed E-state index contributed by atoms with van der Waals surface area (Å²) in [6, 6.07) is 27.8. The third kappa shape index (κ3) is 6.10. The molecule has 4 aromatic carbocycles. The van der Waals surface area contributed by atoms with Crippen LogP contribution in [-0.4, -0.2) is 36.2 Å². The summed E-state index contributed by atoms with van der Waals surface area (Å²) in [6.07, 6.45) is 1.88. The summed E-state index contributed by atoms with van der Waals surface area (Å²) in [7, 11) is 1.63. The van der Waals surface area contributed by atoms with Crippen molar-refractivity contribution in [2.45, 2.75) is 20.5 Å². The molecule has 198 valence electrons. The lowest BCUT2D eigenvalue weighted by Crippen LogP contribution is -2.28. The molecule has 1 saturated heterocycles. The Labute approximate surface area is 232 Å². The molecule has 5 rings (SSSR count). The van der Waals surface area contributed by atoms with Crippen molar-refractivity contribution in [2.75, 3.05) is 20.3 Å². The second kappa shape index (κ2) is 12.1. The van der Waals surface area contributed by atoms with Gasteiger partial charge in [-0.1, -0.05) is 42.5 Å². The Kier molecular flexibility index (Phi) is 8.18. The summed E-state index contributed by atoms with van der Waals surface area (Å²) in [5, 5.41) is 3.03. The largest absolute Gasteiger partial charge is 0.497 e. The third-order valence-corrected chi connectivity index (χ3v) is 7.28. The quantitative estimate of drug-likeness (QED) is 0.207. The van der Waals surface area contributed by atoms with E-state index in [4.69, 9.17) is 19.2 Å². The van der Waals surface area contributed by atoms with Crippen LogP contribution in [-0.2, 0) is 11.4 Å². The molecular weight excluding hydrogens is 508 g/mol. The first-order valence-electron chi connectivity index (χ1n) is 12.9. The average Bonchev–Trinajstić information content (AvgIpc) is 3.26. The van der Waals surface area contributed by atoms with Gasteiger partial charge < -0.3 is 14.2 Å². The van der Waals surface area contributed by atoms with Crippen molar-refractivity contribution < 1.29 is 19.0 Å². The van der Waals surface area contributed by atoms with Gasteiger partial charge in [0.1, 0.15) is 12.4 Å². The van der Waals surface area contributed by atoms with E-state index in [0.717, 1.165) is 22.6 Å². The zero-order valence-electron chi connectivity index (χ0n) is 22.2. The predicted molar refractivity (Wildman–Crippen MR) is 159 cm³/mol. The molecule has 0 aromatic heterocycles. The monoisotopic (exact) mass is 538 g/mol. The van der Waals surface area contributed by atoms with E-state index in [0.29, 0.717) is 41.3 Å². The second-order valence-corrected chi connectivity index (χ2v) is 9.87. The fourth-order valence-electron chi connectivity index (χ4n) is 4.28. The highest BCUT2D eigenvalue weighted by Crippen LogP contribution is 2.36. The molecule has 0 spiro atoms. The Hall–Kier alpha value is -4.23. The molecule has 0 N–H and O–H groups in total. The number of hydrogen-bond donors (Lipinski definition) is 0. The van der Waals surface area contributed by atoms with Gasteiger partial charge >= 0.3 is 0 Å². The number of carbonyl (C=O) groups is 1. The Balaban J connectivity index is 1.35. The van der Waals surface area contributed by atoms with Crippen LogP contribution in [0.25, 0.3) is 16.8 Å². The molecule has 39 heavy (non-hydrogen) atoms. The fourth-order valence-corrected chi connectivity index (χ4v) is 5.34. The van der Waals surface area contributed by atoms with Crippen molar-refractivity contribution in [3.05, 3.63) is 101 Å². The van der Waals surface area contributed by atoms with Gasteiger partial charge in [-0.05, 0) is 96.0 Å². The molecule has 0 atom stereocenters. The molecule has 6 nitrogen and oxygen atoms in total. The molecule has 1 fully saturated rings. The van der Waals surface area contributed by atoms with Crippen LogP contribution >= 0.6 is 11.8 Å². The smallest absolute Gasteiger partial charge is 0.266 e. The van der Waals surface area contributed by atoms with Gasteiger partial charge in [-0.15, -0.1) is 0 Å². The van der Waals surface area contributed by atoms with Crippen molar-refractivity contribution in [1.82, 2.24) is 4.90 Å². The highest BCUT2D eigenvalue weighted by molar-refractivity contribution is 8.18. The minimum absolute atomic E-state index is 0.0654. The topological polar surface area (TPSA) is 60.4 Å². The maximum atomic E-state index is 13.2. The number of rotatable bonds is 9. The number of likely N-dealkylation sites (N-methyl/N-ethyl adjacent to an activating group) is 1. The van der Waals surface area contributed by atoms with E-state index in [9.17, 15) is 4.79 Å². The minimum Gasteiger partial charge on any atom is -0.497 e. The normalized spacial score (nSPS) is 15.4. The Morgan fingerprint density at radius 3 is 2.41 bits per heavy atom. The van der Waals surface area contributed by atoms with Crippen LogP contribution < -0.4 is 14.2 Å². The minimum atomic E-state index is -0.0654. The molecule has 0 unspecified atom stereocenters. The standard InChI is InChI=1S/C32H30N2O4S/c1-4-34-31(35)30(39-32(34)33-26-13-15-27(36-3)16-14-26)20-22-11-17-28(29(19-22)37-5-2)38-21-23-10-12-24-8-6-7-9-25(24)18-23/h6-20H,4-5,21H2,1-3H3/b30-20+,33-32?. The van der Waals surface area contributed by atoms with Crippen LogP contribution in [0, 0.1) is 0 Å². The molecule has 4 aromatic rings. The number of ether oxygens (including phenoxy) is 3. The summed E-state index contributed by atoms with van der Waals surface area (Å²) < 4.78 is 17.3. The first-order chi connectivity index (χ1) is 19.1. The summed E-state index contributed by atoms with van der Waals surface area (Å²) in [4.78, 5) is 20.2. The molecule has 0 bridgehead atoms. The highest BCUT2D eigenvalue weighted by atomic mass is 32.2. The SMILES string of the molecule is CCOc1cc(/C=C2/SC(=Nc3ccc(OC)cc3)N(CC)C2=O)ccc1OCc1ccc2ccccc2c1. The zero-order valence-corrected chi connectivity index (χ0v) is 23.0. The van der Waals surface area contributed by atoms with Gasteiger partial charge in [-0.2, -0.15) is 0 Å². The highest BCUT2D eigenvalue weighted by Gasteiger charge is 2.32. The molecule has 0 saturated carbocycles. The van der Waals surface area contributed by atoms with Crippen molar-refractivity contribution in [3.63, 3.8) is 0 Å². The molecule has 1 aliphatic rings. The number of hydrogen-bond acceptors (Lipinski definition) is 6. The maximum absolute atomic E-state index is 13.2. The number of amides is 1. The van der Waals surface area contributed by atoms with Gasteiger partial charge in [0.2, 0.25) is 0 Å². The summed E-state index contributed by atoms with van der Waals surface area (Å²) in [6.45, 7) is 5.35. The van der Waals surface area contributed by atoms with E-state index in [-0.39, 0.29) is 5.91 Å². The molecule has 1 amide bonds. The van der Waals surface area contributed by atoms with Crippen molar-refractivity contribution in [3.8, 4) is 17.2 Å². The van der Waals surface area contributed by atoms with E-state index in [1.54, 1.807) is 12.0 Å².